The van der Waals surface area contributed by atoms with Crippen LogP contribution in [0.15, 0.2) is 24.0 Å². The summed E-state index contributed by atoms with van der Waals surface area (Å²) in [5.41, 5.74) is 0.0116. The molecule has 1 heterocycles. The van der Waals surface area contributed by atoms with Crippen molar-refractivity contribution in [2.75, 3.05) is 27.7 Å². The number of hydrogen-bond donors (Lipinski definition) is 1. The first-order valence-electron chi connectivity index (χ1n) is 7.81. The Hall–Kier alpha value is -2.07. The molecular formula is C17H18Cl2F2N2O5. The molecule has 2 rings (SSSR count). The van der Waals surface area contributed by atoms with E-state index in [4.69, 9.17) is 42.1 Å². The van der Waals surface area contributed by atoms with Gasteiger partial charge >= 0.3 is 0 Å². The number of rotatable bonds is 9. The molecule has 1 N–H and O–H groups in total. The smallest absolute Gasteiger partial charge is 0.233 e. The molecule has 1 unspecified atom stereocenters. The zero-order valence-electron chi connectivity index (χ0n) is 15.2. The maximum absolute atomic E-state index is 14.5. The van der Waals surface area contributed by atoms with Gasteiger partial charge in [-0.25, -0.2) is 13.5 Å². The Labute approximate surface area is 170 Å². The van der Waals surface area contributed by atoms with Crippen molar-refractivity contribution in [1.29, 1.82) is 0 Å². The first-order valence-corrected chi connectivity index (χ1v) is 8.56. The van der Waals surface area contributed by atoms with Crippen molar-refractivity contribution in [3.8, 4) is 22.9 Å². The van der Waals surface area contributed by atoms with E-state index in [0.717, 1.165) is 6.07 Å². The lowest BCUT2D eigenvalue weighted by molar-refractivity contribution is -0.0386. The maximum Gasteiger partial charge on any atom is 0.233 e. The Morgan fingerprint density at radius 3 is 2.64 bits per heavy atom. The number of methoxy groups -OCH3 is 2. The summed E-state index contributed by atoms with van der Waals surface area (Å²) in [7, 11) is 4.17. The van der Waals surface area contributed by atoms with Crippen molar-refractivity contribution in [3.05, 3.63) is 39.8 Å². The van der Waals surface area contributed by atoms with Crippen LogP contribution in [0, 0.1) is 5.82 Å². The lowest BCUT2D eigenvalue weighted by Gasteiger charge is -2.13. The van der Waals surface area contributed by atoms with E-state index in [-0.39, 0.29) is 45.3 Å². The molecule has 7 nitrogen and oxygen atoms in total. The number of ether oxygens (including phenoxy) is 4. The Morgan fingerprint density at radius 1 is 1.32 bits per heavy atom. The molecule has 0 saturated carbocycles. The fourth-order valence-electron chi connectivity index (χ4n) is 2.24. The highest BCUT2D eigenvalue weighted by atomic mass is 35.5. The number of aryl methyl sites for hydroxylation is 1. The number of alkyl halides is 1. The van der Waals surface area contributed by atoms with Crippen molar-refractivity contribution in [3.63, 3.8) is 0 Å². The number of nitrogens with zero attached hydrogens (tertiary/aromatic N) is 2. The number of hydrogen-bond acceptors (Lipinski definition) is 6. The fourth-order valence-corrected chi connectivity index (χ4v) is 2.76. The number of aliphatic hydroxyl groups is 1. The predicted molar refractivity (Wildman–Crippen MR) is 98.8 cm³/mol. The number of halogens is 4. The van der Waals surface area contributed by atoms with Gasteiger partial charge in [-0.3, -0.25) is 0 Å². The van der Waals surface area contributed by atoms with Crippen LogP contribution in [-0.4, -0.2) is 48.9 Å². The Balaban J connectivity index is 2.35. The molecule has 0 aliphatic rings. The summed E-state index contributed by atoms with van der Waals surface area (Å²) in [5, 5.41) is 13.5. The normalized spacial score (nSPS) is 12.8. The van der Waals surface area contributed by atoms with Gasteiger partial charge in [0.1, 0.15) is 34.6 Å². The van der Waals surface area contributed by atoms with Gasteiger partial charge in [-0.05, 0) is 12.1 Å². The van der Waals surface area contributed by atoms with Crippen molar-refractivity contribution in [2.24, 2.45) is 7.05 Å². The van der Waals surface area contributed by atoms with Gasteiger partial charge in [0.05, 0.1) is 12.1 Å². The second-order valence-electron chi connectivity index (χ2n) is 5.36. The highest BCUT2D eigenvalue weighted by molar-refractivity contribution is 6.34. The molecule has 0 aliphatic carbocycles. The highest BCUT2D eigenvalue weighted by Crippen LogP contribution is 2.39. The third kappa shape index (κ3) is 5.05. The third-order valence-corrected chi connectivity index (χ3v) is 4.25. The third-order valence-electron chi connectivity index (χ3n) is 3.61. The van der Waals surface area contributed by atoms with Crippen molar-refractivity contribution in [1.82, 2.24) is 9.78 Å². The molecular weight excluding hydrogens is 421 g/mol. The number of aliphatic hydroxyl groups excluding tert-OH is 1. The van der Waals surface area contributed by atoms with Crippen LogP contribution in [0.4, 0.5) is 8.78 Å². The van der Waals surface area contributed by atoms with E-state index >= 15 is 0 Å². The molecule has 1 aromatic heterocycles. The molecule has 0 spiro atoms. The van der Waals surface area contributed by atoms with E-state index < -0.39 is 19.0 Å². The summed E-state index contributed by atoms with van der Waals surface area (Å²) in [6.07, 6.45) is 0.105. The Bertz CT molecular complexity index is 861. The molecule has 0 fully saturated rings. The minimum atomic E-state index is -1.18. The number of benzene rings is 1. The van der Waals surface area contributed by atoms with Gasteiger partial charge < -0.3 is 24.1 Å². The second kappa shape index (κ2) is 9.92. The molecule has 1 aromatic carbocycles. The Morgan fingerprint density at radius 2 is 2.04 bits per heavy atom. The van der Waals surface area contributed by atoms with Crippen LogP contribution in [0.2, 0.25) is 10.0 Å². The summed E-state index contributed by atoms with van der Waals surface area (Å²) < 4.78 is 48.2. The molecule has 28 heavy (non-hydrogen) atoms. The van der Waals surface area contributed by atoms with E-state index in [2.05, 4.69) is 5.10 Å². The first kappa shape index (κ1) is 22.2. The van der Waals surface area contributed by atoms with E-state index in [0.29, 0.717) is 0 Å². The minimum Gasteiger partial charge on any atom is -0.498 e. The van der Waals surface area contributed by atoms with Crippen LogP contribution in [0.1, 0.15) is 0 Å². The monoisotopic (exact) mass is 438 g/mol. The molecule has 0 saturated heterocycles. The second-order valence-corrected chi connectivity index (χ2v) is 6.14. The molecule has 0 radical (unpaired) electrons. The topological polar surface area (TPSA) is 75.0 Å². The van der Waals surface area contributed by atoms with E-state index in [1.54, 1.807) is 0 Å². The van der Waals surface area contributed by atoms with Gasteiger partial charge in [0.2, 0.25) is 12.7 Å². The van der Waals surface area contributed by atoms with E-state index in [1.165, 1.54) is 38.1 Å². The van der Waals surface area contributed by atoms with Gasteiger partial charge in [0.15, 0.2) is 6.29 Å². The van der Waals surface area contributed by atoms with Gasteiger partial charge in [-0.1, -0.05) is 23.2 Å². The van der Waals surface area contributed by atoms with Crippen LogP contribution in [0.25, 0.3) is 11.3 Å². The lowest BCUT2D eigenvalue weighted by Crippen LogP contribution is -2.11. The molecule has 154 valence electrons. The summed E-state index contributed by atoms with van der Waals surface area (Å²) in [5.74, 6) is -0.385. The van der Waals surface area contributed by atoms with Gasteiger partial charge in [0, 0.05) is 25.8 Å². The zero-order chi connectivity index (χ0) is 20.8. The van der Waals surface area contributed by atoms with Crippen LogP contribution in [0.5, 0.6) is 11.6 Å². The molecule has 0 aliphatic heterocycles. The molecule has 2 aromatic rings. The minimum absolute atomic E-state index is 0.00345. The van der Waals surface area contributed by atoms with Crippen molar-refractivity contribution >= 4 is 23.2 Å². The summed E-state index contributed by atoms with van der Waals surface area (Å²) >= 11 is 12.2. The van der Waals surface area contributed by atoms with Crippen LogP contribution in [0.3, 0.4) is 0 Å². The quantitative estimate of drug-likeness (QED) is 0.475. The molecule has 1 atom stereocenters. The highest BCUT2D eigenvalue weighted by Gasteiger charge is 2.22. The standard InChI is InChI=1S/C17H18Cl2F2N2O5/c1-23-17(28-8-20)15(19)16(22-23)10-5-13(11(18)6-12(10)21)27-7-9(25-2)4-14(24)26-3/h4-6,14,24H,7-8H2,1-3H3/b9-4+. The molecule has 0 bridgehead atoms. The zero-order valence-corrected chi connectivity index (χ0v) is 16.7. The fraction of sp³-hybridized carbons (Fsp3) is 0.353. The number of aromatic nitrogens is 2. The SMILES string of the molecule is CO/C(=C/C(O)OC)COc1cc(-c2nn(C)c(OCF)c2Cl)c(F)cc1Cl. The largest absolute Gasteiger partial charge is 0.498 e. The summed E-state index contributed by atoms with van der Waals surface area (Å²) in [4.78, 5) is 0. The predicted octanol–water partition coefficient (Wildman–Crippen LogP) is 3.71. The van der Waals surface area contributed by atoms with Crippen molar-refractivity contribution in [2.45, 2.75) is 6.29 Å². The van der Waals surface area contributed by atoms with E-state index in [9.17, 15) is 13.9 Å². The van der Waals surface area contributed by atoms with Crippen molar-refractivity contribution < 1.29 is 32.8 Å². The lowest BCUT2D eigenvalue weighted by atomic mass is 10.1. The van der Waals surface area contributed by atoms with Crippen LogP contribution >= 0.6 is 23.2 Å². The van der Waals surface area contributed by atoms with Gasteiger partial charge in [-0.15, -0.1) is 0 Å². The summed E-state index contributed by atoms with van der Waals surface area (Å²) in [6, 6.07) is 2.33. The van der Waals surface area contributed by atoms with Gasteiger partial charge in [-0.2, -0.15) is 5.10 Å². The van der Waals surface area contributed by atoms with E-state index in [1.807, 2.05) is 0 Å². The molecule has 0 amide bonds. The average molecular weight is 439 g/mol. The first-order chi connectivity index (χ1) is 13.3. The Kier molecular flexibility index (Phi) is 7.88. The van der Waals surface area contributed by atoms with Crippen LogP contribution in [-0.2, 0) is 16.5 Å². The molecule has 11 heteroatoms. The van der Waals surface area contributed by atoms with Crippen LogP contribution < -0.4 is 9.47 Å². The maximum atomic E-state index is 14.5. The van der Waals surface area contributed by atoms with Gasteiger partial charge in [0.25, 0.3) is 0 Å². The summed E-state index contributed by atoms with van der Waals surface area (Å²) in [6.45, 7) is -1.23. The average Bonchev–Trinajstić information content (AvgIpc) is 2.94.